The third kappa shape index (κ3) is 2.69. The molecule has 1 aromatic heterocycles. The Labute approximate surface area is 81.8 Å². The van der Waals surface area contributed by atoms with Crippen LogP contribution in [0.1, 0.15) is 31.3 Å². The summed E-state index contributed by atoms with van der Waals surface area (Å²) >= 11 is 0. The van der Waals surface area contributed by atoms with Gasteiger partial charge in [-0.3, -0.25) is 5.11 Å². The lowest BCUT2D eigenvalue weighted by Gasteiger charge is -2.18. The average molecular weight is 195 g/mol. The Bertz CT molecular complexity index is 344. The lowest BCUT2D eigenvalue weighted by molar-refractivity contribution is 0.00571. The SMILES string of the molecule is CC(C)(C)OC(=O)c1nccnc1[O]. The van der Waals surface area contributed by atoms with Crippen molar-refractivity contribution in [3.05, 3.63) is 18.1 Å². The van der Waals surface area contributed by atoms with Gasteiger partial charge in [-0.15, -0.1) is 0 Å². The van der Waals surface area contributed by atoms with Crippen LogP contribution in [0.25, 0.3) is 0 Å². The topological polar surface area (TPSA) is 72.0 Å². The molecule has 75 valence electrons. The molecular weight excluding hydrogens is 184 g/mol. The predicted octanol–water partition coefficient (Wildman–Crippen LogP) is 1.58. The summed E-state index contributed by atoms with van der Waals surface area (Å²) in [5.74, 6) is -1.41. The van der Waals surface area contributed by atoms with Crippen LogP contribution in [-0.4, -0.2) is 21.5 Å². The fraction of sp³-hybridized carbons (Fsp3) is 0.444. The second kappa shape index (κ2) is 3.61. The first-order valence-corrected chi connectivity index (χ1v) is 4.11. The van der Waals surface area contributed by atoms with Crippen molar-refractivity contribution < 1.29 is 14.6 Å². The second-order valence-corrected chi connectivity index (χ2v) is 3.71. The minimum atomic E-state index is -0.740. The van der Waals surface area contributed by atoms with Crippen molar-refractivity contribution in [3.8, 4) is 5.88 Å². The molecule has 0 atom stereocenters. The highest BCUT2D eigenvalue weighted by atomic mass is 16.6. The largest absolute Gasteiger partial charge is 0.455 e. The molecule has 5 nitrogen and oxygen atoms in total. The van der Waals surface area contributed by atoms with Crippen LogP contribution in [0.15, 0.2) is 12.4 Å². The molecule has 1 radical (unpaired) electrons. The number of esters is 1. The second-order valence-electron chi connectivity index (χ2n) is 3.71. The van der Waals surface area contributed by atoms with E-state index in [1.165, 1.54) is 12.4 Å². The van der Waals surface area contributed by atoms with Gasteiger partial charge in [0.25, 0.3) is 0 Å². The number of carbonyl (C=O) groups excluding carboxylic acids is 1. The highest BCUT2D eigenvalue weighted by molar-refractivity contribution is 5.89. The molecule has 0 unspecified atom stereocenters. The summed E-state index contributed by atoms with van der Waals surface area (Å²) in [6, 6.07) is 0. The van der Waals surface area contributed by atoms with Crippen LogP contribution in [0.5, 0.6) is 5.88 Å². The van der Waals surface area contributed by atoms with Gasteiger partial charge in [0.1, 0.15) is 5.60 Å². The van der Waals surface area contributed by atoms with E-state index < -0.39 is 17.5 Å². The van der Waals surface area contributed by atoms with Gasteiger partial charge in [0, 0.05) is 12.4 Å². The summed E-state index contributed by atoms with van der Waals surface area (Å²) in [7, 11) is 0. The van der Waals surface area contributed by atoms with Crippen molar-refractivity contribution >= 4 is 5.97 Å². The van der Waals surface area contributed by atoms with Gasteiger partial charge in [-0.25, -0.2) is 14.8 Å². The summed E-state index contributed by atoms with van der Waals surface area (Å²) in [5.41, 5.74) is -0.913. The van der Waals surface area contributed by atoms with E-state index in [1.807, 2.05) is 0 Å². The Kier molecular flexibility index (Phi) is 2.69. The van der Waals surface area contributed by atoms with Crippen LogP contribution >= 0.6 is 0 Å². The van der Waals surface area contributed by atoms with Crippen molar-refractivity contribution in [2.24, 2.45) is 0 Å². The molecule has 5 heteroatoms. The van der Waals surface area contributed by atoms with Crippen molar-refractivity contribution in [2.45, 2.75) is 26.4 Å². The molecule has 0 aliphatic carbocycles. The van der Waals surface area contributed by atoms with E-state index >= 15 is 0 Å². The Morgan fingerprint density at radius 1 is 1.29 bits per heavy atom. The van der Waals surface area contributed by atoms with Crippen LogP contribution in [0.3, 0.4) is 0 Å². The number of rotatable bonds is 1. The average Bonchev–Trinajstić information content (AvgIpc) is 2.01. The number of carbonyl (C=O) groups is 1. The fourth-order valence-corrected chi connectivity index (χ4v) is 0.792. The van der Waals surface area contributed by atoms with Crippen LogP contribution in [-0.2, 0) is 9.84 Å². The van der Waals surface area contributed by atoms with Gasteiger partial charge in [-0.2, -0.15) is 0 Å². The minimum Gasteiger partial charge on any atom is -0.455 e. The lowest BCUT2D eigenvalue weighted by Crippen LogP contribution is -2.24. The van der Waals surface area contributed by atoms with Gasteiger partial charge >= 0.3 is 11.8 Å². The zero-order chi connectivity index (χ0) is 10.8. The Morgan fingerprint density at radius 2 is 1.86 bits per heavy atom. The summed E-state index contributed by atoms with van der Waals surface area (Å²) < 4.78 is 4.96. The third-order valence-electron chi connectivity index (χ3n) is 1.26. The van der Waals surface area contributed by atoms with Gasteiger partial charge in [0.05, 0.1) is 0 Å². The maximum Gasteiger partial charge on any atom is 0.363 e. The third-order valence-corrected chi connectivity index (χ3v) is 1.26. The molecule has 0 fully saturated rings. The van der Waals surface area contributed by atoms with E-state index in [0.717, 1.165) is 0 Å². The van der Waals surface area contributed by atoms with Crippen molar-refractivity contribution in [2.75, 3.05) is 0 Å². The maximum atomic E-state index is 11.4. The van der Waals surface area contributed by atoms with E-state index in [2.05, 4.69) is 9.97 Å². The van der Waals surface area contributed by atoms with E-state index in [0.29, 0.717) is 0 Å². The molecule has 14 heavy (non-hydrogen) atoms. The van der Waals surface area contributed by atoms with Crippen LogP contribution in [0, 0.1) is 0 Å². The fourth-order valence-electron chi connectivity index (χ4n) is 0.792. The number of aromatic nitrogens is 2. The van der Waals surface area contributed by atoms with Gasteiger partial charge in [0.15, 0.2) is 0 Å². The molecule has 1 aromatic rings. The number of ether oxygens (including phenoxy) is 1. The lowest BCUT2D eigenvalue weighted by atomic mass is 10.2. The summed E-state index contributed by atoms with van der Waals surface area (Å²) in [5, 5.41) is 11.1. The first-order chi connectivity index (χ1) is 6.40. The molecule has 1 rings (SSSR count). The smallest absolute Gasteiger partial charge is 0.363 e. The van der Waals surface area contributed by atoms with Crippen molar-refractivity contribution in [3.63, 3.8) is 0 Å². The van der Waals surface area contributed by atoms with Gasteiger partial charge in [0.2, 0.25) is 5.69 Å². The summed E-state index contributed by atoms with van der Waals surface area (Å²) in [6.45, 7) is 5.14. The van der Waals surface area contributed by atoms with E-state index in [1.54, 1.807) is 20.8 Å². The van der Waals surface area contributed by atoms with Crippen LogP contribution in [0.2, 0.25) is 0 Å². The monoisotopic (exact) mass is 195 g/mol. The molecule has 0 aromatic carbocycles. The van der Waals surface area contributed by atoms with E-state index in [9.17, 15) is 9.90 Å². The minimum absolute atomic E-state index is 0.276. The number of hydrogen-bond acceptors (Lipinski definition) is 4. The normalized spacial score (nSPS) is 11.1. The summed E-state index contributed by atoms with van der Waals surface area (Å²) in [6.07, 6.45) is 2.51. The molecule has 0 N–H and O–H groups in total. The molecule has 0 amide bonds. The first kappa shape index (κ1) is 10.4. The van der Waals surface area contributed by atoms with Gasteiger partial charge in [-0.05, 0) is 20.8 Å². The Morgan fingerprint density at radius 3 is 2.36 bits per heavy atom. The highest BCUT2D eigenvalue weighted by Gasteiger charge is 2.22. The molecule has 0 bridgehead atoms. The van der Waals surface area contributed by atoms with Gasteiger partial charge in [-0.1, -0.05) is 0 Å². The van der Waals surface area contributed by atoms with Crippen molar-refractivity contribution in [1.82, 2.24) is 9.97 Å². The Balaban J connectivity index is 2.86. The highest BCUT2D eigenvalue weighted by Crippen LogP contribution is 2.15. The number of nitrogens with zero attached hydrogens (tertiary/aromatic N) is 2. The molecule has 0 aliphatic heterocycles. The molecule has 0 aliphatic rings. The molecule has 0 spiro atoms. The molecule has 0 saturated heterocycles. The zero-order valence-electron chi connectivity index (χ0n) is 8.27. The maximum absolute atomic E-state index is 11.4. The van der Waals surface area contributed by atoms with Crippen LogP contribution in [0.4, 0.5) is 0 Å². The quantitative estimate of drug-likeness (QED) is 0.637. The Hall–Kier alpha value is -1.65. The van der Waals surface area contributed by atoms with Crippen LogP contribution < -0.4 is 0 Å². The van der Waals surface area contributed by atoms with E-state index in [-0.39, 0.29) is 5.69 Å². The molecule has 0 saturated carbocycles. The first-order valence-electron chi connectivity index (χ1n) is 4.11. The molecule has 1 heterocycles. The summed E-state index contributed by atoms with van der Waals surface area (Å²) in [4.78, 5) is 18.4. The standard InChI is InChI=1S/C9H11N2O3/c1-9(2,3)14-8(13)6-7(12)11-5-4-10-6/h4-5H,1-3H3. The van der Waals surface area contributed by atoms with E-state index in [4.69, 9.17) is 4.74 Å². The number of hydrogen-bond donors (Lipinski definition) is 0. The van der Waals surface area contributed by atoms with Crippen molar-refractivity contribution in [1.29, 1.82) is 0 Å². The van der Waals surface area contributed by atoms with Gasteiger partial charge < -0.3 is 4.74 Å². The predicted molar refractivity (Wildman–Crippen MR) is 47.3 cm³/mol. The molecular formula is C9H11N2O3. The zero-order valence-corrected chi connectivity index (χ0v) is 8.27.